The molecule has 0 spiro atoms. The number of amides is 2. The van der Waals surface area contributed by atoms with Gasteiger partial charge in [0.1, 0.15) is 11.8 Å². The summed E-state index contributed by atoms with van der Waals surface area (Å²) in [7, 11) is 0. The maximum atomic E-state index is 13.6. The monoisotopic (exact) mass is 648 g/mol. The standard InChI is InChI=1S/C28H30BrIN2O3/c1-3-20(2)31-28(34)26(17-21-8-5-4-6-9-21)32(18-22-10-7-11-23(29)16-22)27(33)19-35-25-14-12-24(30)13-15-25/h4-16,20,26H,3,17-19H2,1-2H3,(H,31,34). The summed E-state index contributed by atoms with van der Waals surface area (Å²) in [4.78, 5) is 28.7. The Morgan fingerprint density at radius 3 is 2.34 bits per heavy atom. The van der Waals surface area contributed by atoms with Crippen LogP contribution in [0.2, 0.25) is 0 Å². The van der Waals surface area contributed by atoms with E-state index in [1.54, 1.807) is 4.90 Å². The molecule has 0 radical (unpaired) electrons. The van der Waals surface area contributed by atoms with E-state index in [4.69, 9.17) is 4.74 Å². The molecule has 35 heavy (non-hydrogen) atoms. The second kappa shape index (κ2) is 13.6. The van der Waals surface area contributed by atoms with Crippen LogP contribution in [-0.4, -0.2) is 35.4 Å². The molecule has 0 fully saturated rings. The number of benzene rings is 3. The smallest absolute Gasteiger partial charge is 0.261 e. The molecule has 0 saturated carbocycles. The third kappa shape index (κ3) is 8.65. The SMILES string of the molecule is CCC(C)NC(=O)C(Cc1ccccc1)N(Cc1cccc(Br)c1)C(=O)COc1ccc(I)cc1. The highest BCUT2D eigenvalue weighted by atomic mass is 127. The maximum absolute atomic E-state index is 13.6. The van der Waals surface area contributed by atoms with E-state index in [0.29, 0.717) is 18.7 Å². The molecule has 0 aromatic heterocycles. The molecule has 3 rings (SSSR count). The van der Waals surface area contributed by atoms with Crippen molar-refractivity contribution >= 4 is 50.3 Å². The molecule has 0 aliphatic heterocycles. The lowest BCUT2D eigenvalue weighted by Crippen LogP contribution is -2.53. The molecule has 3 aromatic rings. The molecule has 7 heteroatoms. The van der Waals surface area contributed by atoms with Crippen LogP contribution in [0.4, 0.5) is 0 Å². The summed E-state index contributed by atoms with van der Waals surface area (Å²) in [5.41, 5.74) is 1.92. The van der Waals surface area contributed by atoms with E-state index >= 15 is 0 Å². The largest absolute Gasteiger partial charge is 0.484 e. The van der Waals surface area contributed by atoms with E-state index < -0.39 is 6.04 Å². The predicted octanol–water partition coefficient (Wildman–Crippen LogP) is 5.99. The van der Waals surface area contributed by atoms with Gasteiger partial charge < -0.3 is 15.0 Å². The molecule has 184 valence electrons. The number of nitrogens with zero attached hydrogens (tertiary/aromatic N) is 1. The maximum Gasteiger partial charge on any atom is 0.261 e. The average Bonchev–Trinajstić information content (AvgIpc) is 2.86. The van der Waals surface area contributed by atoms with Crippen LogP contribution in [-0.2, 0) is 22.6 Å². The quantitative estimate of drug-likeness (QED) is 0.260. The molecule has 1 N–H and O–H groups in total. The van der Waals surface area contributed by atoms with Crippen molar-refractivity contribution in [1.82, 2.24) is 10.2 Å². The van der Waals surface area contributed by atoms with Crippen LogP contribution in [0.25, 0.3) is 0 Å². The zero-order valence-corrected chi connectivity index (χ0v) is 23.7. The number of halogens is 2. The Bertz CT molecular complexity index is 1110. The van der Waals surface area contributed by atoms with Gasteiger partial charge in [-0.3, -0.25) is 9.59 Å². The van der Waals surface area contributed by atoms with Crippen molar-refractivity contribution < 1.29 is 14.3 Å². The highest BCUT2D eigenvalue weighted by Crippen LogP contribution is 2.19. The summed E-state index contributed by atoms with van der Waals surface area (Å²) < 4.78 is 7.82. The van der Waals surface area contributed by atoms with Gasteiger partial charge in [0.15, 0.2) is 6.61 Å². The van der Waals surface area contributed by atoms with Crippen LogP contribution in [0, 0.1) is 3.57 Å². The Hall–Kier alpha value is -2.39. The van der Waals surface area contributed by atoms with Crippen molar-refractivity contribution in [3.8, 4) is 5.75 Å². The molecule has 2 unspecified atom stereocenters. The van der Waals surface area contributed by atoms with Crippen LogP contribution in [0.1, 0.15) is 31.4 Å². The second-order valence-electron chi connectivity index (χ2n) is 8.42. The zero-order valence-electron chi connectivity index (χ0n) is 19.9. The first-order valence-corrected chi connectivity index (χ1v) is 13.5. The number of rotatable bonds is 11. The van der Waals surface area contributed by atoms with Gasteiger partial charge in [0.05, 0.1) is 0 Å². The van der Waals surface area contributed by atoms with Crippen LogP contribution >= 0.6 is 38.5 Å². The third-order valence-corrected chi connectivity index (χ3v) is 6.90. The Balaban J connectivity index is 1.90. The minimum atomic E-state index is -0.682. The number of carbonyl (C=O) groups excluding carboxylic acids is 2. The van der Waals surface area contributed by atoms with Crippen molar-refractivity contribution in [2.45, 2.75) is 45.3 Å². The Kier molecular flexibility index (Phi) is 10.6. The molecular formula is C28H30BrIN2O3. The van der Waals surface area contributed by atoms with E-state index in [1.165, 1.54) is 0 Å². The van der Waals surface area contributed by atoms with Gasteiger partial charge in [-0.15, -0.1) is 0 Å². The summed E-state index contributed by atoms with van der Waals surface area (Å²) in [5, 5.41) is 3.08. The number of hydrogen-bond acceptors (Lipinski definition) is 3. The first-order chi connectivity index (χ1) is 16.9. The van der Waals surface area contributed by atoms with E-state index in [0.717, 1.165) is 25.6 Å². The molecule has 0 bridgehead atoms. The van der Waals surface area contributed by atoms with Crippen LogP contribution in [0.15, 0.2) is 83.3 Å². The van der Waals surface area contributed by atoms with E-state index in [-0.39, 0.29) is 24.5 Å². The Morgan fingerprint density at radius 2 is 1.69 bits per heavy atom. The van der Waals surface area contributed by atoms with Gasteiger partial charge in [-0.25, -0.2) is 0 Å². The van der Waals surface area contributed by atoms with E-state index in [1.807, 2.05) is 92.7 Å². The molecule has 0 aliphatic rings. The van der Waals surface area contributed by atoms with Crippen molar-refractivity contribution in [3.05, 3.63) is 98.0 Å². The fourth-order valence-electron chi connectivity index (χ4n) is 3.59. The molecule has 0 heterocycles. The normalized spacial score (nSPS) is 12.5. The topological polar surface area (TPSA) is 58.6 Å². The number of nitrogens with one attached hydrogen (secondary N) is 1. The van der Waals surface area contributed by atoms with Gasteiger partial charge in [-0.1, -0.05) is 65.3 Å². The fourth-order valence-corrected chi connectivity index (χ4v) is 4.39. The van der Waals surface area contributed by atoms with Gasteiger partial charge >= 0.3 is 0 Å². The number of ether oxygens (including phenoxy) is 1. The average molecular weight is 649 g/mol. The van der Waals surface area contributed by atoms with Gasteiger partial charge in [0, 0.05) is 27.1 Å². The van der Waals surface area contributed by atoms with E-state index in [9.17, 15) is 9.59 Å². The van der Waals surface area contributed by atoms with Crippen molar-refractivity contribution in [1.29, 1.82) is 0 Å². The van der Waals surface area contributed by atoms with Gasteiger partial charge in [-0.05, 0) is 83.5 Å². The zero-order chi connectivity index (χ0) is 25.2. The van der Waals surface area contributed by atoms with Gasteiger partial charge in [0.25, 0.3) is 5.91 Å². The van der Waals surface area contributed by atoms with E-state index in [2.05, 4.69) is 43.8 Å². The van der Waals surface area contributed by atoms with Gasteiger partial charge in [-0.2, -0.15) is 0 Å². The first-order valence-electron chi connectivity index (χ1n) is 11.6. The molecule has 0 saturated heterocycles. The lowest BCUT2D eigenvalue weighted by atomic mass is 10.0. The van der Waals surface area contributed by atoms with Crippen molar-refractivity contribution in [2.75, 3.05) is 6.61 Å². The fraction of sp³-hybridized carbons (Fsp3) is 0.286. The highest BCUT2D eigenvalue weighted by Gasteiger charge is 2.31. The van der Waals surface area contributed by atoms with Crippen LogP contribution < -0.4 is 10.1 Å². The molecular weight excluding hydrogens is 619 g/mol. The van der Waals surface area contributed by atoms with Crippen LogP contribution in [0.3, 0.4) is 0 Å². The van der Waals surface area contributed by atoms with Gasteiger partial charge in [0.2, 0.25) is 5.91 Å². The van der Waals surface area contributed by atoms with Crippen molar-refractivity contribution in [3.63, 3.8) is 0 Å². The molecule has 3 aromatic carbocycles. The predicted molar refractivity (Wildman–Crippen MR) is 151 cm³/mol. The molecule has 2 atom stereocenters. The minimum absolute atomic E-state index is 0.00615. The Labute approximate surface area is 229 Å². The molecule has 0 aliphatic carbocycles. The lowest BCUT2D eigenvalue weighted by Gasteiger charge is -2.32. The lowest BCUT2D eigenvalue weighted by molar-refractivity contribution is -0.143. The minimum Gasteiger partial charge on any atom is -0.484 e. The summed E-state index contributed by atoms with van der Waals surface area (Å²) in [6.07, 6.45) is 1.21. The molecule has 2 amide bonds. The summed E-state index contributed by atoms with van der Waals surface area (Å²) >= 11 is 5.73. The number of hydrogen-bond donors (Lipinski definition) is 1. The van der Waals surface area contributed by atoms with Crippen LogP contribution in [0.5, 0.6) is 5.75 Å². The first kappa shape index (κ1) is 27.2. The second-order valence-corrected chi connectivity index (χ2v) is 10.6. The third-order valence-electron chi connectivity index (χ3n) is 5.69. The Morgan fingerprint density at radius 1 is 1.00 bits per heavy atom. The summed E-state index contributed by atoms with van der Waals surface area (Å²) in [6.45, 7) is 4.13. The summed E-state index contributed by atoms with van der Waals surface area (Å²) in [5.74, 6) is 0.203. The molecule has 5 nitrogen and oxygen atoms in total. The highest BCUT2D eigenvalue weighted by molar-refractivity contribution is 14.1. The number of carbonyl (C=O) groups is 2. The summed E-state index contributed by atoms with van der Waals surface area (Å²) in [6, 6.07) is 24.4. The van der Waals surface area contributed by atoms with Crippen molar-refractivity contribution in [2.24, 2.45) is 0 Å².